The van der Waals surface area contributed by atoms with Gasteiger partial charge in [-0.3, -0.25) is 4.79 Å². The lowest BCUT2D eigenvalue weighted by Gasteiger charge is -2.00. The number of hydrogen-bond donors (Lipinski definition) is 2. The van der Waals surface area contributed by atoms with Crippen molar-refractivity contribution >= 4 is 33.6 Å². The first-order valence-electron chi connectivity index (χ1n) is 3.72. The summed E-state index contributed by atoms with van der Waals surface area (Å²) in [6.45, 7) is 0. The van der Waals surface area contributed by atoms with E-state index >= 15 is 0 Å². The summed E-state index contributed by atoms with van der Waals surface area (Å²) in [7, 11) is 0. The molecule has 0 saturated carbocycles. The summed E-state index contributed by atoms with van der Waals surface area (Å²) >= 11 is 1.82. The summed E-state index contributed by atoms with van der Waals surface area (Å²) in [5.74, 6) is -0.411. The van der Waals surface area contributed by atoms with E-state index in [-0.39, 0.29) is 27.9 Å². The Kier molecular flexibility index (Phi) is 2.10. The molecule has 0 spiro atoms. The Morgan fingerprint density at radius 1 is 1.29 bits per heavy atom. The van der Waals surface area contributed by atoms with Crippen molar-refractivity contribution < 1.29 is 14.6 Å². The molecule has 0 radical (unpaired) electrons. The predicted molar refractivity (Wildman–Crippen MR) is 58.5 cm³/mol. The van der Waals surface area contributed by atoms with E-state index in [1.54, 1.807) is 0 Å². The molecule has 1 heterocycles. The topological polar surface area (TPSA) is 70.7 Å². The number of halogens is 1. The molecule has 2 aromatic rings. The van der Waals surface area contributed by atoms with E-state index in [9.17, 15) is 9.90 Å². The summed E-state index contributed by atoms with van der Waals surface area (Å²) < 4.78 is 5.44. The minimum absolute atomic E-state index is 0.0923. The first kappa shape index (κ1) is 9.32. The van der Waals surface area contributed by atoms with Crippen LogP contribution in [-0.4, -0.2) is 10.2 Å². The molecule has 2 rings (SSSR count). The quantitative estimate of drug-likeness (QED) is 0.728. The lowest BCUT2D eigenvalue weighted by Crippen LogP contribution is -2.04. The van der Waals surface area contributed by atoms with Crippen LogP contribution in [0.5, 0.6) is 11.5 Å². The van der Waals surface area contributed by atoms with Gasteiger partial charge >= 0.3 is 0 Å². The SMILES string of the molecule is O=c1c(I)coc2cc(O)cc(O)c12. The van der Waals surface area contributed by atoms with E-state index in [0.717, 1.165) is 6.07 Å². The van der Waals surface area contributed by atoms with Gasteiger partial charge in [0, 0.05) is 12.1 Å². The summed E-state index contributed by atoms with van der Waals surface area (Å²) in [5.41, 5.74) is -0.128. The second-order valence-corrected chi connectivity index (χ2v) is 3.91. The van der Waals surface area contributed by atoms with Crippen molar-refractivity contribution in [3.63, 3.8) is 0 Å². The van der Waals surface area contributed by atoms with Crippen LogP contribution in [0.2, 0.25) is 0 Å². The molecular formula is C9H5IO4. The maximum Gasteiger partial charge on any atom is 0.209 e. The van der Waals surface area contributed by atoms with Gasteiger partial charge in [-0.2, -0.15) is 0 Å². The van der Waals surface area contributed by atoms with E-state index in [2.05, 4.69) is 0 Å². The molecule has 0 aliphatic heterocycles. The van der Waals surface area contributed by atoms with E-state index in [4.69, 9.17) is 9.52 Å². The van der Waals surface area contributed by atoms with Crippen molar-refractivity contribution in [2.45, 2.75) is 0 Å². The van der Waals surface area contributed by atoms with Crippen molar-refractivity contribution in [2.24, 2.45) is 0 Å². The Morgan fingerprint density at radius 2 is 2.00 bits per heavy atom. The zero-order valence-electron chi connectivity index (χ0n) is 6.82. The average molecular weight is 304 g/mol. The summed E-state index contributed by atoms with van der Waals surface area (Å²) in [6.07, 6.45) is 1.28. The molecule has 14 heavy (non-hydrogen) atoms. The van der Waals surface area contributed by atoms with Gasteiger partial charge in [-0.05, 0) is 22.6 Å². The fourth-order valence-electron chi connectivity index (χ4n) is 1.20. The number of hydrogen-bond acceptors (Lipinski definition) is 4. The van der Waals surface area contributed by atoms with Crippen LogP contribution >= 0.6 is 22.6 Å². The standard InChI is InChI=1S/C9H5IO4/c10-5-3-14-7-2-4(11)1-6(12)8(7)9(5)13/h1-3,11-12H. The van der Waals surface area contributed by atoms with E-state index in [0.29, 0.717) is 3.57 Å². The third-order valence-electron chi connectivity index (χ3n) is 1.80. The largest absolute Gasteiger partial charge is 0.508 e. The molecule has 2 N–H and O–H groups in total. The molecule has 1 aromatic heterocycles. The lowest BCUT2D eigenvalue weighted by molar-refractivity contribution is 0.452. The van der Waals surface area contributed by atoms with Gasteiger partial charge in [0.1, 0.15) is 28.7 Å². The molecule has 0 aliphatic rings. The number of rotatable bonds is 0. The normalized spacial score (nSPS) is 10.6. The highest BCUT2D eigenvalue weighted by Crippen LogP contribution is 2.27. The van der Waals surface area contributed by atoms with Crippen LogP contribution in [0.3, 0.4) is 0 Å². The third kappa shape index (κ3) is 1.33. The van der Waals surface area contributed by atoms with Crippen molar-refractivity contribution in [3.8, 4) is 11.5 Å². The summed E-state index contributed by atoms with van der Waals surface area (Å²) in [6, 6.07) is 2.39. The van der Waals surface area contributed by atoms with Gasteiger partial charge < -0.3 is 14.6 Å². The molecule has 0 bridgehead atoms. The number of phenolic OH excluding ortho intramolecular Hbond substituents is 2. The third-order valence-corrected chi connectivity index (χ3v) is 2.54. The molecular weight excluding hydrogens is 299 g/mol. The summed E-state index contributed by atoms with van der Waals surface area (Å²) in [4.78, 5) is 11.6. The van der Waals surface area contributed by atoms with Crippen LogP contribution in [0.15, 0.2) is 27.6 Å². The lowest BCUT2D eigenvalue weighted by atomic mass is 10.2. The number of aromatic hydroxyl groups is 2. The first-order valence-corrected chi connectivity index (χ1v) is 4.80. The minimum Gasteiger partial charge on any atom is -0.508 e. The maximum absolute atomic E-state index is 11.6. The Balaban J connectivity index is 3.03. The van der Waals surface area contributed by atoms with Gasteiger partial charge in [0.2, 0.25) is 5.43 Å². The van der Waals surface area contributed by atoms with Crippen LogP contribution in [0.25, 0.3) is 11.0 Å². The van der Waals surface area contributed by atoms with Crippen LogP contribution in [0.4, 0.5) is 0 Å². The second kappa shape index (κ2) is 3.16. The van der Waals surface area contributed by atoms with Gasteiger partial charge in [0.25, 0.3) is 0 Å². The van der Waals surface area contributed by atoms with E-state index < -0.39 is 0 Å². The van der Waals surface area contributed by atoms with Crippen LogP contribution in [0, 0.1) is 3.57 Å². The zero-order chi connectivity index (χ0) is 10.3. The second-order valence-electron chi connectivity index (χ2n) is 2.75. The molecule has 0 saturated heterocycles. The van der Waals surface area contributed by atoms with Gasteiger partial charge in [-0.1, -0.05) is 0 Å². The summed E-state index contributed by atoms with van der Waals surface area (Å²) in [5, 5.41) is 18.7. The van der Waals surface area contributed by atoms with Crippen LogP contribution in [0.1, 0.15) is 0 Å². The number of benzene rings is 1. The molecule has 5 heteroatoms. The molecule has 0 unspecified atom stereocenters. The zero-order valence-corrected chi connectivity index (χ0v) is 8.98. The van der Waals surface area contributed by atoms with Gasteiger partial charge in [-0.15, -0.1) is 0 Å². The molecule has 0 aliphatic carbocycles. The smallest absolute Gasteiger partial charge is 0.209 e. The fourth-order valence-corrected chi connectivity index (χ4v) is 1.59. The maximum atomic E-state index is 11.6. The van der Waals surface area contributed by atoms with E-state index in [1.165, 1.54) is 12.3 Å². The van der Waals surface area contributed by atoms with Crippen molar-refractivity contribution in [3.05, 3.63) is 32.2 Å². The Hall–Kier alpha value is -1.24. The highest BCUT2D eigenvalue weighted by Gasteiger charge is 2.10. The van der Waals surface area contributed by atoms with Gasteiger partial charge in [0.05, 0.1) is 3.57 Å². The molecule has 4 nitrogen and oxygen atoms in total. The average Bonchev–Trinajstić information content (AvgIpc) is 2.10. The number of phenols is 2. The van der Waals surface area contributed by atoms with Crippen molar-refractivity contribution in [2.75, 3.05) is 0 Å². The van der Waals surface area contributed by atoms with Crippen LogP contribution < -0.4 is 5.43 Å². The van der Waals surface area contributed by atoms with Crippen LogP contribution in [-0.2, 0) is 0 Å². The highest BCUT2D eigenvalue weighted by atomic mass is 127. The minimum atomic E-state index is -0.302. The van der Waals surface area contributed by atoms with E-state index in [1.807, 2.05) is 22.6 Å². The number of fused-ring (bicyclic) bond motifs is 1. The molecule has 1 aromatic carbocycles. The Labute approximate surface area is 91.9 Å². The van der Waals surface area contributed by atoms with Crippen molar-refractivity contribution in [1.29, 1.82) is 0 Å². The van der Waals surface area contributed by atoms with Crippen molar-refractivity contribution in [1.82, 2.24) is 0 Å². The van der Waals surface area contributed by atoms with Gasteiger partial charge in [-0.25, -0.2) is 0 Å². The molecule has 72 valence electrons. The fraction of sp³-hybridized carbons (Fsp3) is 0. The Bertz CT molecular complexity index is 558. The monoisotopic (exact) mass is 304 g/mol. The highest BCUT2D eigenvalue weighted by molar-refractivity contribution is 14.1. The molecule has 0 amide bonds. The molecule has 0 fully saturated rings. The molecule has 0 atom stereocenters. The predicted octanol–water partition coefficient (Wildman–Crippen LogP) is 1.81. The Morgan fingerprint density at radius 3 is 2.71 bits per heavy atom. The van der Waals surface area contributed by atoms with Gasteiger partial charge in [0.15, 0.2) is 0 Å². The first-order chi connectivity index (χ1) is 6.59.